The van der Waals surface area contributed by atoms with Crippen molar-refractivity contribution in [1.82, 2.24) is 15.0 Å². The fourth-order valence-electron chi connectivity index (χ4n) is 8.48. The minimum Gasteiger partial charge on any atom is -0.261 e. The summed E-state index contributed by atoms with van der Waals surface area (Å²) in [6.07, 6.45) is 10.1. The monoisotopic (exact) mass is 584 g/mol. The van der Waals surface area contributed by atoms with Crippen molar-refractivity contribution in [2.45, 2.75) is 70.6 Å². The molecular weight excluding hydrogens is 548 g/mol. The molecule has 0 spiro atoms. The van der Waals surface area contributed by atoms with Crippen LogP contribution in [0.5, 0.6) is 0 Å². The fourth-order valence-corrected chi connectivity index (χ4v) is 8.48. The molecule has 1 aliphatic heterocycles. The molecule has 9 rings (SSSR count). The van der Waals surface area contributed by atoms with Crippen molar-refractivity contribution < 1.29 is 0 Å². The highest BCUT2D eigenvalue weighted by Gasteiger charge is 2.41. The quantitative estimate of drug-likeness (QED) is 0.208. The topological polar surface area (TPSA) is 51.0 Å². The van der Waals surface area contributed by atoms with E-state index in [0.29, 0.717) is 0 Å². The van der Waals surface area contributed by atoms with Crippen molar-refractivity contribution in [2.24, 2.45) is 4.99 Å². The standard InChI is InChI=1S/C41H36N4/c1-39(2)29-13-11-23(17-27(29)35-31(39)9-7-15-42-35)25-19-33-37(44-21-25)38-34(41(33,5)6)20-26(22-45-38)24-12-14-30-28(18-24)36-32(40(30,3)4)10-8-16-43-36/h7,9,11-22H,8,10H2,1-6H3. The van der Waals surface area contributed by atoms with E-state index in [1.807, 2.05) is 24.7 Å². The van der Waals surface area contributed by atoms with Crippen molar-refractivity contribution in [1.29, 1.82) is 0 Å². The molecule has 0 N–H and O–H groups in total. The van der Waals surface area contributed by atoms with Gasteiger partial charge in [-0.05, 0) is 87.7 Å². The number of hydrogen-bond acceptors (Lipinski definition) is 4. The Labute approximate surface area is 265 Å². The Morgan fingerprint density at radius 3 is 1.80 bits per heavy atom. The second-order valence-corrected chi connectivity index (χ2v) is 14.7. The third-order valence-corrected chi connectivity index (χ3v) is 11.2. The molecule has 4 aliphatic rings. The van der Waals surface area contributed by atoms with Gasteiger partial charge in [-0.25, -0.2) is 0 Å². The van der Waals surface area contributed by atoms with Crippen molar-refractivity contribution in [3.8, 4) is 44.9 Å². The summed E-state index contributed by atoms with van der Waals surface area (Å²) in [6.45, 7) is 13.9. The van der Waals surface area contributed by atoms with Crippen LogP contribution < -0.4 is 0 Å². The maximum atomic E-state index is 5.05. The molecule has 4 heterocycles. The number of nitrogens with zero attached hydrogens (tertiary/aromatic N) is 4. The molecule has 0 bridgehead atoms. The van der Waals surface area contributed by atoms with E-state index < -0.39 is 0 Å². The maximum absolute atomic E-state index is 5.05. The first kappa shape index (κ1) is 26.7. The van der Waals surface area contributed by atoms with E-state index in [2.05, 4.69) is 102 Å². The molecule has 3 aliphatic carbocycles. The smallest absolute Gasteiger partial charge is 0.0930 e. The van der Waals surface area contributed by atoms with Crippen molar-refractivity contribution in [2.75, 3.05) is 0 Å². The van der Waals surface area contributed by atoms with Gasteiger partial charge in [0.2, 0.25) is 0 Å². The largest absolute Gasteiger partial charge is 0.261 e. The highest BCUT2D eigenvalue weighted by molar-refractivity contribution is 5.89. The van der Waals surface area contributed by atoms with Gasteiger partial charge >= 0.3 is 0 Å². The predicted molar refractivity (Wildman–Crippen MR) is 183 cm³/mol. The lowest BCUT2D eigenvalue weighted by molar-refractivity contribution is 0.610. The van der Waals surface area contributed by atoms with Crippen LogP contribution in [-0.4, -0.2) is 21.2 Å². The Morgan fingerprint density at radius 1 is 0.533 bits per heavy atom. The van der Waals surface area contributed by atoms with Crippen LogP contribution in [0.15, 0.2) is 89.8 Å². The number of pyridine rings is 3. The van der Waals surface area contributed by atoms with E-state index in [1.165, 1.54) is 61.3 Å². The highest BCUT2D eigenvalue weighted by Crippen LogP contribution is 2.53. The molecule has 0 saturated heterocycles. The van der Waals surface area contributed by atoms with Crippen LogP contribution >= 0.6 is 0 Å². The van der Waals surface area contributed by atoms with E-state index >= 15 is 0 Å². The minimum absolute atomic E-state index is 0.0269. The van der Waals surface area contributed by atoms with Gasteiger partial charge in [0.25, 0.3) is 0 Å². The van der Waals surface area contributed by atoms with Gasteiger partial charge in [0.1, 0.15) is 0 Å². The third-order valence-electron chi connectivity index (χ3n) is 11.2. The molecule has 220 valence electrons. The zero-order valence-electron chi connectivity index (χ0n) is 26.8. The second-order valence-electron chi connectivity index (χ2n) is 14.7. The van der Waals surface area contributed by atoms with Crippen LogP contribution in [-0.2, 0) is 16.2 Å². The molecular formula is C41H36N4. The van der Waals surface area contributed by atoms with Crippen LogP contribution in [0.2, 0.25) is 0 Å². The normalized spacial score (nSPS) is 18.6. The van der Waals surface area contributed by atoms with Gasteiger partial charge in [0, 0.05) is 63.3 Å². The molecule has 0 amide bonds. The molecule has 0 saturated carbocycles. The van der Waals surface area contributed by atoms with Gasteiger partial charge in [0.15, 0.2) is 0 Å². The first-order valence-electron chi connectivity index (χ1n) is 16.1. The molecule has 0 atom stereocenters. The number of benzene rings is 2. The zero-order chi connectivity index (χ0) is 30.9. The second kappa shape index (κ2) is 8.72. The summed E-state index contributed by atoms with van der Waals surface area (Å²) in [7, 11) is 0. The summed E-state index contributed by atoms with van der Waals surface area (Å²) in [5.41, 5.74) is 19.0. The molecule has 0 unspecified atom stereocenters. The molecule has 0 fully saturated rings. The summed E-state index contributed by atoms with van der Waals surface area (Å²) in [4.78, 5) is 19.8. The van der Waals surface area contributed by atoms with Gasteiger partial charge in [-0.1, -0.05) is 71.9 Å². The summed E-state index contributed by atoms with van der Waals surface area (Å²) in [6, 6.07) is 22.7. The maximum Gasteiger partial charge on any atom is 0.0930 e. The molecule has 4 nitrogen and oxygen atoms in total. The summed E-state index contributed by atoms with van der Waals surface area (Å²) >= 11 is 0. The van der Waals surface area contributed by atoms with Crippen LogP contribution in [0, 0.1) is 0 Å². The SMILES string of the molecule is CC1(C)C2=C(N=CCC2)c2cc(-c3cnc4c(c3)C(C)(C)c3cc(-c5ccc6c(c5)-c5ncccc5C6(C)C)cnc3-4)ccc21. The minimum atomic E-state index is -0.231. The lowest BCUT2D eigenvalue weighted by Gasteiger charge is -2.25. The van der Waals surface area contributed by atoms with Crippen LogP contribution in [0.1, 0.15) is 87.8 Å². The van der Waals surface area contributed by atoms with Gasteiger partial charge in [-0.2, -0.15) is 0 Å². The lowest BCUT2D eigenvalue weighted by Crippen LogP contribution is -2.18. The zero-order valence-corrected chi connectivity index (χ0v) is 26.8. The third kappa shape index (κ3) is 3.48. The predicted octanol–water partition coefficient (Wildman–Crippen LogP) is 9.69. The van der Waals surface area contributed by atoms with Gasteiger partial charge in [0.05, 0.1) is 22.8 Å². The average molecular weight is 585 g/mol. The first-order chi connectivity index (χ1) is 21.6. The highest BCUT2D eigenvalue weighted by atomic mass is 14.8. The van der Waals surface area contributed by atoms with Crippen molar-refractivity contribution >= 4 is 11.9 Å². The number of hydrogen-bond donors (Lipinski definition) is 0. The Hall–Kier alpha value is -4.70. The Balaban J connectivity index is 1.10. The number of allylic oxidation sites excluding steroid dienone is 1. The Morgan fingerprint density at radius 2 is 1.13 bits per heavy atom. The van der Waals surface area contributed by atoms with E-state index in [1.54, 1.807) is 0 Å². The number of rotatable bonds is 2. The molecule has 4 heteroatoms. The molecule has 3 aromatic heterocycles. The van der Waals surface area contributed by atoms with Crippen LogP contribution in [0.25, 0.3) is 50.6 Å². The first-order valence-corrected chi connectivity index (χ1v) is 16.1. The molecule has 2 aromatic carbocycles. The average Bonchev–Trinajstić information content (AvgIpc) is 3.53. The van der Waals surface area contributed by atoms with Crippen molar-refractivity contribution in [3.63, 3.8) is 0 Å². The van der Waals surface area contributed by atoms with Crippen molar-refractivity contribution in [3.05, 3.63) is 118 Å². The fraction of sp³-hybridized carbons (Fsp3) is 0.268. The molecule has 0 radical (unpaired) electrons. The number of aliphatic imine (C=N–C) groups is 1. The number of aromatic nitrogens is 3. The van der Waals surface area contributed by atoms with Gasteiger partial charge in [-0.3, -0.25) is 19.9 Å². The van der Waals surface area contributed by atoms with Gasteiger partial charge < -0.3 is 0 Å². The van der Waals surface area contributed by atoms with E-state index in [-0.39, 0.29) is 16.2 Å². The van der Waals surface area contributed by atoms with E-state index in [4.69, 9.17) is 19.9 Å². The summed E-state index contributed by atoms with van der Waals surface area (Å²) in [5.74, 6) is 0. The Bertz CT molecular complexity index is 2190. The molecule has 45 heavy (non-hydrogen) atoms. The van der Waals surface area contributed by atoms with Gasteiger partial charge in [-0.15, -0.1) is 0 Å². The van der Waals surface area contributed by atoms with Crippen LogP contribution in [0.3, 0.4) is 0 Å². The van der Waals surface area contributed by atoms with Crippen LogP contribution in [0.4, 0.5) is 0 Å². The lowest BCUT2D eigenvalue weighted by atomic mass is 9.79. The van der Waals surface area contributed by atoms with E-state index in [0.717, 1.165) is 41.1 Å². The number of fused-ring (bicyclic) bond motifs is 8. The summed E-state index contributed by atoms with van der Waals surface area (Å²) in [5, 5.41) is 0. The Kier molecular flexibility index (Phi) is 5.17. The summed E-state index contributed by atoms with van der Waals surface area (Å²) < 4.78 is 0. The van der Waals surface area contributed by atoms with E-state index in [9.17, 15) is 0 Å². The molecule has 5 aromatic rings.